The van der Waals surface area contributed by atoms with Crippen molar-refractivity contribution in [3.05, 3.63) is 52.4 Å². The highest BCUT2D eigenvalue weighted by molar-refractivity contribution is 5.38. The Morgan fingerprint density at radius 3 is 2.90 bits per heavy atom. The molecular weight excluding hydrogens is 254 g/mol. The Kier molecular flexibility index (Phi) is 4.76. The first-order valence-electron chi connectivity index (χ1n) is 6.67. The normalized spacial score (nSPS) is 10.3. The summed E-state index contributed by atoms with van der Waals surface area (Å²) in [4.78, 5) is 12.0. The number of rotatable bonds is 6. The molecule has 5 nitrogen and oxygen atoms in total. The lowest BCUT2D eigenvalue weighted by molar-refractivity contribution is 0.414. The second-order valence-electron chi connectivity index (χ2n) is 4.52. The minimum Gasteiger partial charge on any atom is -0.497 e. The Bertz CT molecular complexity index is 623. The van der Waals surface area contributed by atoms with Gasteiger partial charge in [0.2, 0.25) is 0 Å². The summed E-state index contributed by atoms with van der Waals surface area (Å²) < 4.78 is 6.60. The number of hydrogen-bond acceptors (Lipinski definition) is 4. The molecule has 0 amide bonds. The van der Waals surface area contributed by atoms with Crippen LogP contribution in [0.4, 0.5) is 5.69 Å². The molecule has 0 radical (unpaired) electrons. The van der Waals surface area contributed by atoms with Crippen molar-refractivity contribution in [2.45, 2.75) is 19.9 Å². The van der Waals surface area contributed by atoms with E-state index in [0.29, 0.717) is 6.54 Å². The number of methoxy groups -OCH3 is 1. The molecule has 0 unspecified atom stereocenters. The second-order valence-corrected chi connectivity index (χ2v) is 4.52. The third-order valence-corrected chi connectivity index (χ3v) is 2.92. The van der Waals surface area contributed by atoms with Gasteiger partial charge in [-0.25, -0.2) is 4.68 Å². The van der Waals surface area contributed by atoms with E-state index in [9.17, 15) is 4.79 Å². The van der Waals surface area contributed by atoms with Gasteiger partial charge in [0.1, 0.15) is 5.75 Å². The van der Waals surface area contributed by atoms with Crippen molar-refractivity contribution in [2.24, 2.45) is 0 Å². The van der Waals surface area contributed by atoms with E-state index in [4.69, 9.17) is 4.74 Å². The van der Waals surface area contributed by atoms with Crippen LogP contribution < -0.4 is 15.6 Å². The lowest BCUT2D eigenvalue weighted by Gasteiger charge is -2.08. The molecule has 0 bridgehead atoms. The fourth-order valence-corrected chi connectivity index (χ4v) is 1.86. The minimum absolute atomic E-state index is 0.117. The van der Waals surface area contributed by atoms with Crippen molar-refractivity contribution in [3.63, 3.8) is 0 Å². The lowest BCUT2D eigenvalue weighted by atomic mass is 10.2. The van der Waals surface area contributed by atoms with Crippen molar-refractivity contribution >= 4 is 5.69 Å². The van der Waals surface area contributed by atoms with Gasteiger partial charge in [-0.3, -0.25) is 4.79 Å². The van der Waals surface area contributed by atoms with E-state index in [1.54, 1.807) is 19.4 Å². The van der Waals surface area contributed by atoms with Crippen LogP contribution in [0.5, 0.6) is 5.75 Å². The molecular formula is C15H19N3O2. The number of benzene rings is 1. The summed E-state index contributed by atoms with van der Waals surface area (Å²) in [7, 11) is 1.62. The highest BCUT2D eigenvalue weighted by atomic mass is 16.5. The monoisotopic (exact) mass is 273 g/mol. The zero-order chi connectivity index (χ0) is 14.4. The van der Waals surface area contributed by atoms with Gasteiger partial charge >= 0.3 is 0 Å². The van der Waals surface area contributed by atoms with Crippen LogP contribution in [0, 0.1) is 0 Å². The highest BCUT2D eigenvalue weighted by Crippen LogP contribution is 2.13. The number of anilines is 1. The van der Waals surface area contributed by atoms with E-state index in [-0.39, 0.29) is 5.56 Å². The summed E-state index contributed by atoms with van der Waals surface area (Å²) in [5.74, 6) is 0.775. The zero-order valence-corrected chi connectivity index (χ0v) is 11.8. The van der Waals surface area contributed by atoms with Crippen molar-refractivity contribution in [1.82, 2.24) is 9.78 Å². The van der Waals surface area contributed by atoms with Crippen molar-refractivity contribution < 1.29 is 4.74 Å². The SMILES string of the molecule is CCCNc1cnn(Cc2cccc(OC)c2)c(=O)c1. The van der Waals surface area contributed by atoms with E-state index in [0.717, 1.165) is 30.0 Å². The summed E-state index contributed by atoms with van der Waals surface area (Å²) in [5, 5.41) is 7.33. The maximum absolute atomic E-state index is 12.0. The largest absolute Gasteiger partial charge is 0.497 e. The average molecular weight is 273 g/mol. The first-order chi connectivity index (χ1) is 9.72. The van der Waals surface area contributed by atoms with Crippen LogP contribution in [-0.4, -0.2) is 23.4 Å². The summed E-state index contributed by atoms with van der Waals surface area (Å²) in [6, 6.07) is 9.19. The van der Waals surface area contributed by atoms with E-state index >= 15 is 0 Å². The molecule has 0 fully saturated rings. The van der Waals surface area contributed by atoms with Gasteiger partial charge in [-0.2, -0.15) is 5.10 Å². The Morgan fingerprint density at radius 1 is 1.35 bits per heavy atom. The molecule has 20 heavy (non-hydrogen) atoms. The molecule has 0 aliphatic carbocycles. The topological polar surface area (TPSA) is 56.1 Å². The van der Waals surface area contributed by atoms with Crippen LogP contribution in [0.25, 0.3) is 0 Å². The zero-order valence-electron chi connectivity index (χ0n) is 11.8. The average Bonchev–Trinajstić information content (AvgIpc) is 2.48. The molecule has 0 saturated heterocycles. The lowest BCUT2D eigenvalue weighted by Crippen LogP contribution is -2.23. The van der Waals surface area contributed by atoms with Crippen molar-refractivity contribution in [3.8, 4) is 5.75 Å². The minimum atomic E-state index is -0.117. The van der Waals surface area contributed by atoms with Crippen LogP contribution in [-0.2, 0) is 6.54 Å². The third-order valence-electron chi connectivity index (χ3n) is 2.92. The first kappa shape index (κ1) is 14.1. The third kappa shape index (κ3) is 3.60. The molecule has 1 aromatic heterocycles. The molecule has 1 heterocycles. The fraction of sp³-hybridized carbons (Fsp3) is 0.333. The van der Waals surface area contributed by atoms with E-state index in [2.05, 4.69) is 17.3 Å². The summed E-state index contributed by atoms with van der Waals surface area (Å²) >= 11 is 0. The molecule has 0 saturated carbocycles. The molecule has 106 valence electrons. The Hall–Kier alpha value is -2.30. The second kappa shape index (κ2) is 6.75. The smallest absolute Gasteiger partial charge is 0.269 e. The van der Waals surface area contributed by atoms with Crippen LogP contribution in [0.15, 0.2) is 41.3 Å². The van der Waals surface area contributed by atoms with Gasteiger partial charge < -0.3 is 10.1 Å². The predicted molar refractivity (Wildman–Crippen MR) is 79.4 cm³/mol. The summed E-state index contributed by atoms with van der Waals surface area (Å²) in [6.45, 7) is 3.34. The van der Waals surface area contributed by atoms with E-state index < -0.39 is 0 Å². The molecule has 0 aliphatic rings. The molecule has 2 aromatic rings. The molecule has 5 heteroatoms. The van der Waals surface area contributed by atoms with Gasteiger partial charge in [-0.1, -0.05) is 19.1 Å². The molecule has 0 aliphatic heterocycles. The summed E-state index contributed by atoms with van der Waals surface area (Å²) in [6.07, 6.45) is 2.68. The Balaban J connectivity index is 2.15. The van der Waals surface area contributed by atoms with Crippen LogP contribution in [0.2, 0.25) is 0 Å². The van der Waals surface area contributed by atoms with Gasteiger partial charge in [0.05, 0.1) is 25.5 Å². The highest BCUT2D eigenvalue weighted by Gasteiger charge is 2.02. The van der Waals surface area contributed by atoms with Crippen LogP contribution >= 0.6 is 0 Å². The van der Waals surface area contributed by atoms with Gasteiger partial charge in [0, 0.05) is 12.6 Å². The Labute approximate surface area is 118 Å². The van der Waals surface area contributed by atoms with Gasteiger partial charge in [0.25, 0.3) is 5.56 Å². The Morgan fingerprint density at radius 2 is 2.20 bits per heavy atom. The maximum atomic E-state index is 12.0. The fourth-order valence-electron chi connectivity index (χ4n) is 1.86. The molecule has 2 rings (SSSR count). The predicted octanol–water partition coefficient (Wildman–Crippen LogP) is 2.12. The van der Waals surface area contributed by atoms with E-state index in [1.165, 1.54) is 4.68 Å². The summed E-state index contributed by atoms with van der Waals surface area (Å²) in [5.41, 5.74) is 1.63. The maximum Gasteiger partial charge on any atom is 0.269 e. The standard InChI is InChI=1S/C15H19N3O2/c1-3-7-16-13-9-15(19)18(17-10-13)11-12-5-4-6-14(8-12)20-2/h4-6,8-10,16H,3,7,11H2,1-2H3. The molecule has 1 aromatic carbocycles. The number of hydrogen-bond donors (Lipinski definition) is 1. The van der Waals surface area contributed by atoms with Crippen LogP contribution in [0.3, 0.4) is 0 Å². The van der Waals surface area contributed by atoms with Gasteiger partial charge in [0.15, 0.2) is 0 Å². The van der Waals surface area contributed by atoms with Gasteiger partial charge in [-0.15, -0.1) is 0 Å². The number of nitrogens with zero attached hydrogens (tertiary/aromatic N) is 2. The number of nitrogens with one attached hydrogen (secondary N) is 1. The van der Waals surface area contributed by atoms with Crippen molar-refractivity contribution in [1.29, 1.82) is 0 Å². The van der Waals surface area contributed by atoms with Crippen LogP contribution in [0.1, 0.15) is 18.9 Å². The van der Waals surface area contributed by atoms with Gasteiger partial charge in [-0.05, 0) is 24.1 Å². The van der Waals surface area contributed by atoms with E-state index in [1.807, 2.05) is 24.3 Å². The van der Waals surface area contributed by atoms with Crippen molar-refractivity contribution in [2.75, 3.05) is 19.0 Å². The molecule has 0 atom stereocenters. The quantitative estimate of drug-likeness (QED) is 0.876. The first-order valence-corrected chi connectivity index (χ1v) is 6.67. The number of ether oxygens (including phenoxy) is 1. The molecule has 0 spiro atoms. The number of aromatic nitrogens is 2. The molecule has 1 N–H and O–H groups in total.